The molecule has 2 aliphatic heterocycles. The van der Waals surface area contributed by atoms with E-state index in [4.69, 9.17) is 14.2 Å². The van der Waals surface area contributed by atoms with Crippen molar-refractivity contribution in [2.45, 2.75) is 31.8 Å². The first-order valence-electron chi connectivity index (χ1n) is 8.53. The lowest BCUT2D eigenvalue weighted by molar-refractivity contribution is -0.185. The van der Waals surface area contributed by atoms with E-state index in [1.54, 1.807) is 23.5 Å². The summed E-state index contributed by atoms with van der Waals surface area (Å²) in [5.41, 5.74) is 1.06. The summed E-state index contributed by atoms with van der Waals surface area (Å²) in [6, 6.07) is 6.04. The highest BCUT2D eigenvalue weighted by molar-refractivity contribution is 7.09. The maximum atomic E-state index is 12.9. The Balaban J connectivity index is 1.26. The van der Waals surface area contributed by atoms with Gasteiger partial charge in [-0.1, -0.05) is 0 Å². The number of nitrogens with zero attached hydrogens (tertiary/aromatic N) is 2. The number of rotatable bonds is 5. The first kappa shape index (κ1) is 16.9. The summed E-state index contributed by atoms with van der Waals surface area (Å²) in [4.78, 5) is 7.03. The fourth-order valence-electron chi connectivity index (χ4n) is 3.23. The lowest BCUT2D eigenvalue weighted by Crippen LogP contribution is -2.44. The molecule has 0 unspecified atom stereocenters. The Morgan fingerprint density at radius 1 is 1.16 bits per heavy atom. The molecular weight excluding hydrogens is 343 g/mol. The molecule has 1 spiro atoms. The Bertz CT molecular complexity index is 691. The molecule has 0 aliphatic carbocycles. The molecule has 2 aromatic rings. The molecule has 0 atom stereocenters. The molecule has 2 saturated heterocycles. The van der Waals surface area contributed by atoms with Gasteiger partial charge in [-0.15, -0.1) is 11.3 Å². The highest BCUT2D eigenvalue weighted by Crippen LogP contribution is 2.31. The van der Waals surface area contributed by atoms with Gasteiger partial charge >= 0.3 is 0 Å². The zero-order valence-electron chi connectivity index (χ0n) is 13.9. The van der Waals surface area contributed by atoms with Crippen LogP contribution in [0.25, 0.3) is 0 Å². The van der Waals surface area contributed by atoms with E-state index in [1.807, 2.05) is 0 Å². The molecule has 0 amide bonds. The van der Waals surface area contributed by atoms with Crippen LogP contribution in [-0.4, -0.2) is 42.0 Å². The van der Waals surface area contributed by atoms with Gasteiger partial charge in [0.15, 0.2) is 5.79 Å². The van der Waals surface area contributed by atoms with E-state index in [-0.39, 0.29) is 11.6 Å². The van der Waals surface area contributed by atoms with Crippen LogP contribution < -0.4 is 4.74 Å². The molecule has 2 aliphatic rings. The zero-order valence-corrected chi connectivity index (χ0v) is 14.8. The van der Waals surface area contributed by atoms with Crippen LogP contribution in [-0.2, 0) is 22.6 Å². The maximum absolute atomic E-state index is 12.9. The number of hydrogen-bond acceptors (Lipinski definition) is 6. The highest BCUT2D eigenvalue weighted by Gasteiger charge is 2.39. The number of ether oxygens (including phenoxy) is 3. The number of piperidine rings is 1. The Morgan fingerprint density at radius 3 is 2.60 bits per heavy atom. The second kappa shape index (κ2) is 7.37. The molecule has 2 fully saturated rings. The minimum absolute atomic E-state index is 0.263. The predicted molar refractivity (Wildman–Crippen MR) is 92.0 cm³/mol. The van der Waals surface area contributed by atoms with Gasteiger partial charge in [0.25, 0.3) is 0 Å². The number of aromatic nitrogens is 1. The predicted octanol–water partition coefficient (Wildman–Crippen LogP) is 3.20. The van der Waals surface area contributed by atoms with Crippen molar-refractivity contribution in [3.8, 4) is 5.75 Å². The topological polar surface area (TPSA) is 43.8 Å². The molecule has 134 valence electrons. The Morgan fingerprint density at radius 2 is 1.88 bits per heavy atom. The molecule has 3 heterocycles. The fourth-order valence-corrected chi connectivity index (χ4v) is 3.93. The van der Waals surface area contributed by atoms with Crippen molar-refractivity contribution >= 4 is 11.3 Å². The number of hydrogen-bond donors (Lipinski definition) is 0. The number of thiazole rings is 1. The van der Waals surface area contributed by atoms with Gasteiger partial charge in [0.2, 0.25) is 0 Å². The van der Waals surface area contributed by atoms with Crippen molar-refractivity contribution in [2.75, 3.05) is 26.3 Å². The van der Waals surface area contributed by atoms with Crippen LogP contribution in [0.2, 0.25) is 0 Å². The van der Waals surface area contributed by atoms with Crippen LogP contribution in [0, 0.1) is 5.82 Å². The van der Waals surface area contributed by atoms with Gasteiger partial charge in [-0.3, -0.25) is 4.90 Å². The van der Waals surface area contributed by atoms with Crippen LogP contribution in [0.1, 0.15) is 23.5 Å². The quantitative estimate of drug-likeness (QED) is 0.815. The first-order valence-corrected chi connectivity index (χ1v) is 9.41. The summed E-state index contributed by atoms with van der Waals surface area (Å²) in [6.45, 7) is 4.58. The minimum Gasteiger partial charge on any atom is -0.486 e. The van der Waals surface area contributed by atoms with Crippen LogP contribution in [0.15, 0.2) is 29.6 Å². The molecule has 5 nitrogen and oxygen atoms in total. The second-order valence-corrected chi connectivity index (χ2v) is 7.30. The molecule has 4 rings (SSSR count). The minimum atomic E-state index is -0.327. The molecule has 1 aromatic heterocycles. The third-order valence-electron chi connectivity index (χ3n) is 4.59. The van der Waals surface area contributed by atoms with Crippen molar-refractivity contribution in [1.29, 1.82) is 0 Å². The third kappa shape index (κ3) is 4.17. The first-order chi connectivity index (χ1) is 12.2. The number of halogens is 1. The second-order valence-electron chi connectivity index (χ2n) is 6.36. The summed E-state index contributed by atoms with van der Waals surface area (Å²) < 4.78 is 30.1. The van der Waals surface area contributed by atoms with Gasteiger partial charge in [-0.2, -0.15) is 0 Å². The lowest BCUT2D eigenvalue weighted by Gasteiger charge is -2.37. The summed E-state index contributed by atoms with van der Waals surface area (Å²) in [7, 11) is 0. The SMILES string of the molecule is Fc1ccc(OCc2nc(CN3CCC4(CC3)OCCO4)cs2)cc1. The van der Waals surface area contributed by atoms with E-state index in [0.29, 0.717) is 25.6 Å². The molecule has 25 heavy (non-hydrogen) atoms. The molecular formula is C18H21FN2O3S. The Kier molecular flexibility index (Phi) is 4.98. The maximum Gasteiger partial charge on any atom is 0.170 e. The lowest BCUT2D eigenvalue weighted by atomic mass is 10.0. The molecule has 0 bridgehead atoms. The molecule has 0 saturated carbocycles. The van der Waals surface area contributed by atoms with Gasteiger partial charge in [0, 0.05) is 37.9 Å². The normalized spacial score (nSPS) is 20.2. The van der Waals surface area contributed by atoms with E-state index in [2.05, 4.69) is 15.3 Å². The van der Waals surface area contributed by atoms with E-state index in [9.17, 15) is 4.39 Å². The monoisotopic (exact) mass is 364 g/mol. The van der Waals surface area contributed by atoms with E-state index in [1.165, 1.54) is 12.1 Å². The van der Waals surface area contributed by atoms with Gasteiger partial charge in [-0.25, -0.2) is 9.37 Å². The third-order valence-corrected chi connectivity index (χ3v) is 5.46. The summed E-state index contributed by atoms with van der Waals surface area (Å²) >= 11 is 1.59. The molecule has 0 N–H and O–H groups in total. The van der Waals surface area contributed by atoms with Gasteiger partial charge < -0.3 is 14.2 Å². The van der Waals surface area contributed by atoms with Crippen molar-refractivity contribution in [3.63, 3.8) is 0 Å². The average Bonchev–Trinajstić information content (AvgIpc) is 3.27. The smallest absolute Gasteiger partial charge is 0.170 e. The summed E-state index contributed by atoms with van der Waals surface area (Å²) in [5.74, 6) is 0.0591. The van der Waals surface area contributed by atoms with Crippen LogP contribution in [0.3, 0.4) is 0 Å². The van der Waals surface area contributed by atoms with Crippen LogP contribution >= 0.6 is 11.3 Å². The van der Waals surface area contributed by atoms with E-state index < -0.39 is 0 Å². The molecule has 0 radical (unpaired) electrons. The van der Waals surface area contributed by atoms with Crippen LogP contribution in [0.5, 0.6) is 5.75 Å². The summed E-state index contributed by atoms with van der Waals surface area (Å²) in [6.07, 6.45) is 1.83. The number of likely N-dealkylation sites (tertiary alicyclic amines) is 1. The van der Waals surface area contributed by atoms with E-state index >= 15 is 0 Å². The molecule has 1 aromatic carbocycles. The van der Waals surface area contributed by atoms with Crippen LogP contribution in [0.4, 0.5) is 4.39 Å². The van der Waals surface area contributed by atoms with Gasteiger partial charge in [0.1, 0.15) is 23.2 Å². The van der Waals surface area contributed by atoms with Gasteiger partial charge in [-0.05, 0) is 24.3 Å². The highest BCUT2D eigenvalue weighted by atomic mass is 32.1. The van der Waals surface area contributed by atoms with Crippen molar-refractivity contribution in [1.82, 2.24) is 9.88 Å². The van der Waals surface area contributed by atoms with E-state index in [0.717, 1.165) is 43.2 Å². The zero-order chi connectivity index (χ0) is 17.1. The fraction of sp³-hybridized carbons (Fsp3) is 0.500. The largest absolute Gasteiger partial charge is 0.486 e. The van der Waals surface area contributed by atoms with Crippen molar-refractivity contribution in [2.24, 2.45) is 0 Å². The standard InChI is InChI=1S/C18H21FN2O3S/c19-14-1-3-16(4-2-14)22-12-17-20-15(13-25-17)11-21-7-5-18(6-8-21)23-9-10-24-18/h1-4,13H,5-12H2. The Hall–Kier alpha value is -1.54. The Labute approximate surface area is 150 Å². The number of benzene rings is 1. The van der Waals surface area contributed by atoms with Gasteiger partial charge in [0.05, 0.1) is 18.9 Å². The average molecular weight is 364 g/mol. The van der Waals surface area contributed by atoms with Crippen molar-refractivity contribution < 1.29 is 18.6 Å². The summed E-state index contributed by atoms with van der Waals surface area (Å²) in [5, 5.41) is 3.01. The van der Waals surface area contributed by atoms with Crippen molar-refractivity contribution in [3.05, 3.63) is 46.2 Å². The molecule has 7 heteroatoms.